The number of rotatable bonds is 12. The molecule has 1 N–H and O–H groups in total. The molecule has 0 aliphatic carbocycles. The van der Waals surface area contributed by atoms with Crippen molar-refractivity contribution in [3.8, 4) is 0 Å². The molecule has 0 heterocycles. The van der Waals surface area contributed by atoms with Gasteiger partial charge in [0.15, 0.2) is 0 Å². The Morgan fingerprint density at radius 2 is 1.26 bits per heavy atom. The van der Waals surface area contributed by atoms with Crippen LogP contribution in [0, 0.1) is 14.4 Å². The zero-order valence-corrected chi connectivity index (χ0v) is 25.7. The molecular formula is C32H36ClN2O2RuS+. The monoisotopic (exact) mass is 649 g/mol. The molecule has 0 spiro atoms. The minimum atomic E-state index is -3.86. The van der Waals surface area contributed by atoms with Gasteiger partial charge in [-0.15, -0.1) is 0 Å². The Labute approximate surface area is 249 Å². The van der Waals surface area contributed by atoms with Gasteiger partial charge in [0, 0.05) is 10.9 Å². The van der Waals surface area contributed by atoms with E-state index in [1.165, 1.54) is 5.56 Å². The fourth-order valence-electron chi connectivity index (χ4n) is 4.31. The van der Waals surface area contributed by atoms with Crippen LogP contribution in [0.2, 0.25) is 0 Å². The van der Waals surface area contributed by atoms with Gasteiger partial charge in [0.1, 0.15) is 10.0 Å². The molecule has 0 saturated carbocycles. The maximum absolute atomic E-state index is 13.4. The number of halogens is 1. The summed E-state index contributed by atoms with van der Waals surface area (Å²) in [4.78, 5) is 0.212. The quantitative estimate of drug-likeness (QED) is 0.0955. The number of aryl methyl sites for hydroxylation is 2. The number of unbranched alkanes of at least 4 members (excludes halogenated alkanes) is 1. The molecule has 0 bridgehead atoms. The van der Waals surface area contributed by atoms with Crippen molar-refractivity contribution in [1.29, 1.82) is 0 Å². The van der Waals surface area contributed by atoms with Crippen molar-refractivity contribution >= 4 is 19.7 Å². The summed E-state index contributed by atoms with van der Waals surface area (Å²) >= 11 is 1.82. The van der Waals surface area contributed by atoms with Gasteiger partial charge in [-0.1, -0.05) is 120 Å². The van der Waals surface area contributed by atoms with Crippen molar-refractivity contribution in [2.45, 2.75) is 43.2 Å². The molecule has 0 saturated heterocycles. The summed E-state index contributed by atoms with van der Waals surface area (Å²) < 4.78 is 31.3. The first-order valence-corrected chi connectivity index (χ1v) is 16.2. The van der Waals surface area contributed by atoms with E-state index in [1.807, 2.05) is 91.0 Å². The number of sulfonamides is 1. The Hall–Kier alpha value is -2.34. The number of hydrogen-bond acceptors (Lipinski definition) is 3. The van der Waals surface area contributed by atoms with Crippen molar-refractivity contribution in [3.05, 3.63) is 150 Å². The van der Waals surface area contributed by atoms with Crippen LogP contribution in [0.1, 0.15) is 47.2 Å². The van der Waals surface area contributed by atoms with Crippen molar-refractivity contribution in [3.63, 3.8) is 0 Å². The molecule has 39 heavy (non-hydrogen) atoms. The van der Waals surface area contributed by atoms with Crippen molar-refractivity contribution in [1.82, 2.24) is 5.32 Å². The summed E-state index contributed by atoms with van der Waals surface area (Å²) in [5.74, 6) is 0. The maximum atomic E-state index is 13.4. The number of benzene rings is 4. The van der Waals surface area contributed by atoms with Crippen molar-refractivity contribution < 1.29 is 25.7 Å². The standard InChI is InChI=1S/C31H33N2O2S.CH3.ClH.Ru/c1-25-20-22-29(23-21-25)36(34,35)33-31(28-18-9-4-10-19-28)30(27-16-7-3-8-17-27)32-24-12-11-15-26-13-5-2-6-14-26;;;/h2-10,13-14,16-23,30-32H,11-12,15,24H2,1H3;1H3;1H;/q2*-1;;+4/p-1. The van der Waals surface area contributed by atoms with Crippen molar-refractivity contribution in [2.24, 2.45) is 0 Å². The molecule has 4 aromatic rings. The van der Waals surface area contributed by atoms with Crippen LogP contribution < -0.4 is 5.32 Å². The molecule has 0 aliphatic rings. The first kappa shape index (κ1) is 32.9. The molecule has 2 unspecified atom stereocenters. The number of hydrogen-bond donors (Lipinski definition) is 1. The van der Waals surface area contributed by atoms with Crippen LogP contribution in [0.3, 0.4) is 0 Å². The van der Waals surface area contributed by atoms with E-state index in [1.54, 1.807) is 24.3 Å². The first-order chi connectivity index (χ1) is 18.5. The zero-order chi connectivity index (χ0) is 27.2. The van der Waals surface area contributed by atoms with Crippen LogP contribution in [0.4, 0.5) is 0 Å². The van der Waals surface area contributed by atoms with E-state index in [2.05, 4.69) is 44.0 Å². The van der Waals surface area contributed by atoms with Gasteiger partial charge in [-0.2, -0.15) is 0 Å². The molecule has 4 nitrogen and oxygen atoms in total. The molecule has 0 radical (unpaired) electrons. The van der Waals surface area contributed by atoms with Crippen LogP contribution >= 0.6 is 9.69 Å². The predicted molar refractivity (Wildman–Crippen MR) is 160 cm³/mol. The van der Waals surface area contributed by atoms with Gasteiger partial charge in [-0.3, -0.25) is 0 Å². The van der Waals surface area contributed by atoms with E-state index in [9.17, 15) is 8.42 Å². The summed E-state index contributed by atoms with van der Waals surface area (Å²) in [5.41, 5.74) is 4.21. The fourth-order valence-corrected chi connectivity index (χ4v) is 5.46. The van der Waals surface area contributed by atoms with E-state index in [4.69, 9.17) is 0 Å². The van der Waals surface area contributed by atoms with Gasteiger partial charge >= 0.3 is 27.0 Å². The van der Waals surface area contributed by atoms with E-state index < -0.39 is 16.1 Å². The Morgan fingerprint density at radius 3 is 1.82 bits per heavy atom. The summed E-state index contributed by atoms with van der Waals surface area (Å²) in [6, 6.07) is 36.2. The van der Waals surface area contributed by atoms with Crippen molar-refractivity contribution in [2.75, 3.05) is 6.54 Å². The third-order valence-electron chi connectivity index (χ3n) is 6.29. The van der Waals surface area contributed by atoms with Gasteiger partial charge in [-0.05, 0) is 56.0 Å². The summed E-state index contributed by atoms with van der Waals surface area (Å²) in [6.45, 7) is 2.70. The summed E-state index contributed by atoms with van der Waals surface area (Å²) in [5, 5.41) is 3.65. The second kappa shape index (κ2) is 17.4. The third-order valence-corrected chi connectivity index (χ3v) is 7.66. The Morgan fingerprint density at radius 1 is 0.744 bits per heavy atom. The fraction of sp³-hybridized carbons (Fsp3) is 0.219. The summed E-state index contributed by atoms with van der Waals surface area (Å²) in [7, 11) is 0.705. The topological polar surface area (TPSA) is 60.3 Å². The summed E-state index contributed by atoms with van der Waals surface area (Å²) in [6.07, 6.45) is 3.05. The zero-order valence-electron chi connectivity index (χ0n) is 22.4. The normalized spacial score (nSPS) is 12.4. The SMILES string of the molecule is Cc1ccc(S(=O)(=O)[N-]C(c2ccccc2)C(NCCCCc2ccccc2)c2ccccc2)cc1.[CH3-].[Cl][Ru+3]. The molecular weight excluding hydrogens is 613 g/mol. The van der Waals surface area contributed by atoms with E-state index in [0.717, 1.165) is 42.5 Å². The Kier molecular flexibility index (Phi) is 14.6. The number of nitrogens with zero attached hydrogens (tertiary/aromatic N) is 1. The van der Waals surface area contributed by atoms with Crippen LogP contribution in [-0.4, -0.2) is 15.0 Å². The average molecular weight is 649 g/mol. The molecule has 7 heteroatoms. The Balaban J connectivity index is 0.00000174. The molecule has 4 rings (SSSR count). The van der Waals surface area contributed by atoms with Crippen LogP contribution in [-0.2, 0) is 33.8 Å². The molecule has 206 valence electrons. The molecule has 4 aromatic carbocycles. The van der Waals surface area contributed by atoms with Gasteiger partial charge in [-0.25, -0.2) is 8.42 Å². The first-order valence-electron chi connectivity index (χ1n) is 12.6. The molecule has 0 aromatic heterocycles. The Bertz CT molecular complexity index is 1310. The van der Waals surface area contributed by atoms with Crippen LogP contribution in [0.25, 0.3) is 4.72 Å². The van der Waals surface area contributed by atoms with Gasteiger partial charge in [0.2, 0.25) is 0 Å². The molecule has 0 fully saturated rings. The van der Waals surface area contributed by atoms with Gasteiger partial charge in [0.25, 0.3) is 0 Å². The minimum absolute atomic E-state index is 0. The molecule has 0 amide bonds. The van der Waals surface area contributed by atoms with Gasteiger partial charge < -0.3 is 17.5 Å². The second-order valence-electron chi connectivity index (χ2n) is 9.03. The van der Waals surface area contributed by atoms with E-state index in [-0.39, 0.29) is 18.4 Å². The van der Waals surface area contributed by atoms with Gasteiger partial charge in [0.05, 0.1) is 0 Å². The predicted octanol–water partition coefficient (Wildman–Crippen LogP) is 8.29. The van der Waals surface area contributed by atoms with E-state index >= 15 is 0 Å². The van der Waals surface area contributed by atoms with E-state index in [0.29, 0.717) is 0 Å². The third kappa shape index (κ3) is 10.3. The molecule has 2 atom stereocenters. The molecule has 0 aliphatic heterocycles. The number of nitrogens with one attached hydrogen (secondary N) is 1. The van der Waals surface area contributed by atoms with Crippen LogP contribution in [0.5, 0.6) is 0 Å². The second-order valence-corrected chi connectivity index (χ2v) is 10.7. The average Bonchev–Trinajstić information content (AvgIpc) is 2.97. The van der Waals surface area contributed by atoms with Crippen LogP contribution in [0.15, 0.2) is 120 Å².